The minimum absolute atomic E-state index is 0.0410. The minimum Gasteiger partial charge on any atom is -0.449 e. The topological polar surface area (TPSA) is 91.7 Å². The van der Waals surface area contributed by atoms with Crippen LogP contribution in [-0.2, 0) is 10.9 Å². The molecule has 0 aliphatic heterocycles. The third kappa shape index (κ3) is 4.69. The van der Waals surface area contributed by atoms with Crippen molar-refractivity contribution in [2.24, 2.45) is 0 Å². The fraction of sp³-hybridized carbons (Fsp3) is 0.250. The van der Waals surface area contributed by atoms with Gasteiger partial charge in [0.15, 0.2) is 0 Å². The number of fused-ring (bicyclic) bond motifs is 3. The number of alkyl carbamates (subject to hydrolysis) is 1. The largest absolute Gasteiger partial charge is 0.449 e. The van der Waals surface area contributed by atoms with Gasteiger partial charge in [0.1, 0.15) is 24.5 Å². The lowest BCUT2D eigenvalue weighted by Gasteiger charge is -2.21. The van der Waals surface area contributed by atoms with Crippen LogP contribution in [0.1, 0.15) is 34.4 Å². The first-order valence-corrected chi connectivity index (χ1v) is 10.2. The van der Waals surface area contributed by atoms with Crippen molar-refractivity contribution < 1.29 is 32.9 Å². The molecule has 33 heavy (non-hydrogen) atoms. The van der Waals surface area contributed by atoms with E-state index >= 15 is 0 Å². The molecule has 0 saturated heterocycles. The van der Waals surface area contributed by atoms with Crippen LogP contribution in [0.3, 0.4) is 0 Å². The number of pyridine rings is 1. The van der Waals surface area contributed by atoms with E-state index in [-0.39, 0.29) is 12.5 Å². The van der Waals surface area contributed by atoms with Gasteiger partial charge in [0.25, 0.3) is 0 Å². The highest BCUT2D eigenvalue weighted by Crippen LogP contribution is 2.44. The Hall–Kier alpha value is -3.43. The van der Waals surface area contributed by atoms with Crippen molar-refractivity contribution in [2.75, 3.05) is 13.2 Å². The molecule has 2 unspecified atom stereocenters. The Kier molecular flexibility index (Phi) is 6.35. The molecule has 2 atom stereocenters. The summed E-state index contributed by atoms with van der Waals surface area (Å²) in [5.74, 6) is -0.164. The smallest absolute Gasteiger partial charge is 0.433 e. The van der Waals surface area contributed by atoms with Crippen LogP contribution in [0.2, 0.25) is 0 Å². The van der Waals surface area contributed by atoms with Crippen molar-refractivity contribution in [3.8, 4) is 11.1 Å². The second-order valence-corrected chi connectivity index (χ2v) is 7.66. The molecule has 9 heteroatoms. The number of hydrogen-bond acceptors (Lipinski definition) is 5. The summed E-state index contributed by atoms with van der Waals surface area (Å²) in [5, 5.41) is 22.6. The van der Waals surface area contributed by atoms with Crippen LogP contribution >= 0.6 is 0 Å². The summed E-state index contributed by atoms with van der Waals surface area (Å²) >= 11 is 0. The fourth-order valence-electron chi connectivity index (χ4n) is 4.05. The fourth-order valence-corrected chi connectivity index (χ4v) is 4.05. The van der Waals surface area contributed by atoms with Crippen molar-refractivity contribution in [1.29, 1.82) is 0 Å². The van der Waals surface area contributed by atoms with E-state index in [0.29, 0.717) is 0 Å². The Morgan fingerprint density at radius 2 is 1.61 bits per heavy atom. The maximum atomic E-state index is 13.1. The van der Waals surface area contributed by atoms with Crippen LogP contribution in [0.4, 0.5) is 18.0 Å². The van der Waals surface area contributed by atoms with Crippen molar-refractivity contribution in [2.45, 2.75) is 24.3 Å². The van der Waals surface area contributed by atoms with Crippen LogP contribution in [0, 0.1) is 0 Å². The molecule has 6 nitrogen and oxygen atoms in total. The second-order valence-electron chi connectivity index (χ2n) is 7.66. The lowest BCUT2D eigenvalue weighted by Crippen LogP contribution is -2.37. The summed E-state index contributed by atoms with van der Waals surface area (Å²) in [6.45, 7) is -0.469. The average Bonchev–Trinajstić information content (AvgIpc) is 3.14. The van der Waals surface area contributed by atoms with E-state index in [1.54, 1.807) is 0 Å². The highest BCUT2D eigenvalue weighted by molar-refractivity contribution is 5.79. The molecular weight excluding hydrogens is 437 g/mol. The number of aromatic nitrogens is 1. The number of aliphatic hydroxyl groups excluding tert-OH is 2. The third-order valence-corrected chi connectivity index (χ3v) is 5.59. The van der Waals surface area contributed by atoms with Gasteiger partial charge in [-0.25, -0.2) is 4.79 Å². The molecule has 1 aliphatic carbocycles. The van der Waals surface area contributed by atoms with Crippen molar-refractivity contribution in [3.05, 3.63) is 89.2 Å². The Labute approximate surface area is 187 Å². The minimum atomic E-state index is -4.79. The molecule has 3 aromatic rings. The predicted octanol–water partition coefficient (Wildman–Crippen LogP) is 4.03. The van der Waals surface area contributed by atoms with E-state index in [1.165, 1.54) is 6.07 Å². The van der Waals surface area contributed by atoms with Gasteiger partial charge in [0, 0.05) is 24.2 Å². The van der Waals surface area contributed by atoms with Crippen molar-refractivity contribution >= 4 is 6.09 Å². The summed E-state index contributed by atoms with van der Waals surface area (Å²) in [6, 6.07) is 17.9. The highest BCUT2D eigenvalue weighted by atomic mass is 19.4. The molecule has 2 aromatic carbocycles. The number of halogens is 3. The van der Waals surface area contributed by atoms with Crippen molar-refractivity contribution in [1.82, 2.24) is 10.3 Å². The number of benzene rings is 2. The Balaban J connectivity index is 1.36. The number of amides is 1. The van der Waals surface area contributed by atoms with Gasteiger partial charge in [-0.05, 0) is 28.3 Å². The van der Waals surface area contributed by atoms with E-state index in [4.69, 9.17) is 4.74 Å². The number of rotatable bonds is 6. The van der Waals surface area contributed by atoms with Gasteiger partial charge in [-0.15, -0.1) is 0 Å². The molecule has 1 amide bonds. The zero-order valence-electron chi connectivity index (χ0n) is 17.3. The molecular formula is C24H21F3N2O4. The van der Waals surface area contributed by atoms with E-state index in [0.717, 1.165) is 34.5 Å². The number of nitrogens with one attached hydrogen (secondary N) is 1. The monoisotopic (exact) mass is 458 g/mol. The molecule has 0 radical (unpaired) electrons. The number of aliphatic hydroxyl groups is 2. The van der Waals surface area contributed by atoms with Gasteiger partial charge in [-0.1, -0.05) is 54.6 Å². The maximum absolute atomic E-state index is 13.1. The summed E-state index contributed by atoms with van der Waals surface area (Å²) < 4.78 is 44.6. The lowest BCUT2D eigenvalue weighted by atomic mass is 9.98. The van der Waals surface area contributed by atoms with Gasteiger partial charge in [-0.2, -0.15) is 13.2 Å². The lowest BCUT2D eigenvalue weighted by molar-refractivity contribution is -0.143. The summed E-state index contributed by atoms with van der Waals surface area (Å²) in [6.07, 6.45) is -8.30. The molecule has 0 spiro atoms. The Morgan fingerprint density at radius 3 is 2.21 bits per heavy atom. The first-order chi connectivity index (χ1) is 15.8. The molecule has 4 rings (SSSR count). The van der Waals surface area contributed by atoms with Crippen molar-refractivity contribution in [3.63, 3.8) is 0 Å². The molecule has 0 bridgehead atoms. The maximum Gasteiger partial charge on any atom is 0.433 e. The normalized spacial score (nSPS) is 14.8. The SMILES string of the molecule is O=C(NCC(O)C(O)c1cccnc1C(F)(F)F)OCC1c2ccccc2-c2ccccc21. The Bertz CT molecular complexity index is 1110. The summed E-state index contributed by atoms with van der Waals surface area (Å²) in [5.41, 5.74) is 2.32. The quantitative estimate of drug-likeness (QED) is 0.519. The molecule has 0 fully saturated rings. The van der Waals surface area contributed by atoms with Gasteiger partial charge in [-0.3, -0.25) is 4.98 Å². The van der Waals surface area contributed by atoms with E-state index in [9.17, 15) is 28.2 Å². The molecule has 1 aliphatic rings. The number of alkyl halides is 3. The summed E-state index contributed by atoms with van der Waals surface area (Å²) in [7, 11) is 0. The number of hydrogen-bond donors (Lipinski definition) is 3. The zero-order valence-corrected chi connectivity index (χ0v) is 17.3. The number of carbonyl (C=O) groups is 1. The van der Waals surface area contributed by atoms with Gasteiger partial charge < -0.3 is 20.3 Å². The predicted molar refractivity (Wildman–Crippen MR) is 113 cm³/mol. The first-order valence-electron chi connectivity index (χ1n) is 10.2. The second kappa shape index (κ2) is 9.21. The summed E-state index contributed by atoms with van der Waals surface area (Å²) in [4.78, 5) is 15.4. The zero-order chi connectivity index (χ0) is 23.6. The first kappa shape index (κ1) is 22.8. The molecule has 3 N–H and O–H groups in total. The highest BCUT2D eigenvalue weighted by Gasteiger charge is 2.38. The van der Waals surface area contributed by atoms with Gasteiger partial charge in [0.2, 0.25) is 0 Å². The van der Waals surface area contributed by atoms with Crippen LogP contribution < -0.4 is 5.32 Å². The van der Waals surface area contributed by atoms with Crippen LogP contribution in [0.15, 0.2) is 66.9 Å². The van der Waals surface area contributed by atoms with Gasteiger partial charge >= 0.3 is 12.3 Å². The van der Waals surface area contributed by atoms with Crippen LogP contribution in [0.5, 0.6) is 0 Å². The van der Waals surface area contributed by atoms with E-state index < -0.39 is 42.3 Å². The molecule has 0 saturated carbocycles. The molecule has 1 aromatic heterocycles. The Morgan fingerprint density at radius 1 is 1.00 bits per heavy atom. The number of nitrogens with zero attached hydrogens (tertiary/aromatic N) is 1. The van der Waals surface area contributed by atoms with E-state index in [2.05, 4.69) is 10.3 Å². The van der Waals surface area contributed by atoms with E-state index in [1.807, 2.05) is 48.5 Å². The van der Waals surface area contributed by atoms with Crippen LogP contribution in [-0.4, -0.2) is 40.5 Å². The molecule has 172 valence electrons. The standard InChI is InChI=1S/C24H21F3N2O4/c25-24(26,27)22-18(10-5-11-28-22)21(31)20(30)12-29-23(32)33-13-19-16-8-3-1-6-14(16)15-7-2-4-9-17(15)19/h1-11,19-21,30-31H,12-13H2,(H,29,32). The average molecular weight is 458 g/mol. The van der Waals surface area contributed by atoms with Crippen LogP contribution in [0.25, 0.3) is 11.1 Å². The number of carbonyl (C=O) groups excluding carboxylic acids is 1. The molecule has 1 heterocycles. The van der Waals surface area contributed by atoms with Gasteiger partial charge in [0.05, 0.1) is 0 Å². The number of ether oxygens (including phenoxy) is 1. The third-order valence-electron chi connectivity index (χ3n) is 5.59.